The summed E-state index contributed by atoms with van der Waals surface area (Å²) in [4.78, 5) is 14.3. The summed E-state index contributed by atoms with van der Waals surface area (Å²) < 4.78 is 5.34. The van der Waals surface area contributed by atoms with Crippen molar-refractivity contribution >= 4 is 6.09 Å². The highest BCUT2D eigenvalue weighted by Crippen LogP contribution is 2.21. The number of rotatable bonds is 4. The minimum atomic E-state index is -0.517. The molecule has 1 heterocycles. The van der Waals surface area contributed by atoms with Crippen LogP contribution in [-0.2, 0) is 11.3 Å². The molecule has 128 valence electrons. The Hall–Kier alpha value is -1.59. The minimum Gasteiger partial charge on any atom is -0.444 e. The molecule has 2 atom stereocenters. The normalized spacial score (nSPS) is 22.6. The first-order chi connectivity index (χ1) is 10.9. The molecular weight excluding hydrogens is 292 g/mol. The van der Waals surface area contributed by atoms with Gasteiger partial charge in [0.15, 0.2) is 0 Å². The molecule has 23 heavy (non-hydrogen) atoms. The molecular formula is C18H28N2O3. The van der Waals surface area contributed by atoms with Crippen LogP contribution < -0.4 is 5.32 Å². The fraction of sp³-hybridized carbons (Fsp3) is 0.611. The number of carbonyl (C=O) groups is 1. The lowest BCUT2D eigenvalue weighted by Crippen LogP contribution is -2.57. The molecule has 1 aliphatic heterocycles. The van der Waals surface area contributed by atoms with Crippen LogP contribution in [0.4, 0.5) is 4.79 Å². The van der Waals surface area contributed by atoms with Crippen LogP contribution in [0.15, 0.2) is 30.3 Å². The number of amides is 1. The van der Waals surface area contributed by atoms with E-state index in [0.717, 1.165) is 25.9 Å². The summed E-state index contributed by atoms with van der Waals surface area (Å²) in [6.45, 7) is 7.26. The first kappa shape index (κ1) is 17.8. The van der Waals surface area contributed by atoms with Gasteiger partial charge in [0.2, 0.25) is 0 Å². The molecule has 0 saturated carbocycles. The number of aliphatic hydroxyl groups excluding tert-OH is 1. The fourth-order valence-electron chi connectivity index (χ4n) is 3.01. The Labute approximate surface area is 138 Å². The second-order valence-corrected chi connectivity index (χ2v) is 7.10. The molecule has 2 N–H and O–H groups in total. The van der Waals surface area contributed by atoms with E-state index in [1.165, 1.54) is 5.56 Å². The number of alkyl carbamates (subject to hydrolysis) is 1. The van der Waals surface area contributed by atoms with Crippen LogP contribution in [0.25, 0.3) is 0 Å². The van der Waals surface area contributed by atoms with Gasteiger partial charge in [-0.2, -0.15) is 0 Å². The molecule has 5 heteroatoms. The number of ether oxygens (including phenoxy) is 1. The maximum atomic E-state index is 12.0. The SMILES string of the molecule is CC(C)(C)OC(=O)NC1CCCN(Cc2ccccc2)C1CO. The molecule has 1 aromatic carbocycles. The lowest BCUT2D eigenvalue weighted by molar-refractivity contribution is 0.0297. The van der Waals surface area contributed by atoms with Crippen molar-refractivity contribution in [3.05, 3.63) is 35.9 Å². The van der Waals surface area contributed by atoms with Gasteiger partial charge < -0.3 is 15.2 Å². The van der Waals surface area contributed by atoms with Crippen molar-refractivity contribution < 1.29 is 14.6 Å². The van der Waals surface area contributed by atoms with Crippen molar-refractivity contribution in [1.29, 1.82) is 0 Å². The van der Waals surface area contributed by atoms with Gasteiger partial charge in [-0.1, -0.05) is 30.3 Å². The van der Waals surface area contributed by atoms with Crippen LogP contribution in [0.2, 0.25) is 0 Å². The van der Waals surface area contributed by atoms with Crippen molar-refractivity contribution in [2.24, 2.45) is 0 Å². The summed E-state index contributed by atoms with van der Waals surface area (Å²) >= 11 is 0. The smallest absolute Gasteiger partial charge is 0.407 e. The highest BCUT2D eigenvalue weighted by molar-refractivity contribution is 5.68. The monoisotopic (exact) mass is 320 g/mol. The van der Waals surface area contributed by atoms with Gasteiger partial charge in [0.1, 0.15) is 5.60 Å². The summed E-state index contributed by atoms with van der Waals surface area (Å²) in [5.41, 5.74) is 0.695. The molecule has 1 aliphatic rings. The molecule has 0 bridgehead atoms. The number of nitrogens with one attached hydrogen (secondary N) is 1. The third kappa shape index (κ3) is 5.52. The van der Waals surface area contributed by atoms with E-state index < -0.39 is 11.7 Å². The zero-order valence-corrected chi connectivity index (χ0v) is 14.3. The molecule has 1 amide bonds. The quantitative estimate of drug-likeness (QED) is 0.895. The van der Waals surface area contributed by atoms with E-state index in [4.69, 9.17) is 4.74 Å². The molecule has 0 radical (unpaired) electrons. The van der Waals surface area contributed by atoms with Gasteiger partial charge in [0.05, 0.1) is 12.6 Å². The van der Waals surface area contributed by atoms with E-state index in [2.05, 4.69) is 22.3 Å². The van der Waals surface area contributed by atoms with Crippen molar-refractivity contribution in [3.8, 4) is 0 Å². The Morgan fingerprint density at radius 3 is 2.65 bits per heavy atom. The molecule has 1 saturated heterocycles. The van der Waals surface area contributed by atoms with Crippen LogP contribution in [0.5, 0.6) is 0 Å². The molecule has 2 rings (SSSR count). The number of piperidine rings is 1. The van der Waals surface area contributed by atoms with Gasteiger partial charge in [-0.15, -0.1) is 0 Å². The third-order valence-corrected chi connectivity index (χ3v) is 4.01. The standard InChI is InChI=1S/C18H28N2O3/c1-18(2,3)23-17(22)19-15-10-7-11-20(16(15)13-21)12-14-8-5-4-6-9-14/h4-6,8-9,15-16,21H,7,10-13H2,1-3H3,(H,19,22). The zero-order chi connectivity index (χ0) is 16.9. The second kappa shape index (κ2) is 7.79. The van der Waals surface area contributed by atoms with E-state index in [9.17, 15) is 9.90 Å². The van der Waals surface area contributed by atoms with Crippen LogP contribution >= 0.6 is 0 Å². The zero-order valence-electron chi connectivity index (χ0n) is 14.3. The van der Waals surface area contributed by atoms with Crippen molar-refractivity contribution in [1.82, 2.24) is 10.2 Å². The largest absolute Gasteiger partial charge is 0.444 e. The Morgan fingerprint density at radius 1 is 1.35 bits per heavy atom. The molecule has 1 aromatic rings. The number of aliphatic hydroxyl groups is 1. The van der Waals surface area contributed by atoms with E-state index in [-0.39, 0.29) is 18.7 Å². The Bertz CT molecular complexity index is 499. The summed E-state index contributed by atoms with van der Waals surface area (Å²) in [5.74, 6) is 0. The Kier molecular flexibility index (Phi) is 6.02. The third-order valence-electron chi connectivity index (χ3n) is 4.01. The van der Waals surface area contributed by atoms with E-state index in [1.54, 1.807) is 0 Å². The number of hydrogen-bond acceptors (Lipinski definition) is 4. The van der Waals surface area contributed by atoms with Crippen LogP contribution in [0.1, 0.15) is 39.2 Å². The van der Waals surface area contributed by atoms with Gasteiger partial charge in [-0.3, -0.25) is 4.90 Å². The molecule has 0 aromatic heterocycles. The van der Waals surface area contributed by atoms with E-state index in [0.29, 0.717) is 0 Å². The lowest BCUT2D eigenvalue weighted by atomic mass is 9.96. The highest BCUT2D eigenvalue weighted by atomic mass is 16.6. The number of hydrogen-bond donors (Lipinski definition) is 2. The summed E-state index contributed by atoms with van der Waals surface area (Å²) in [6.07, 6.45) is 1.43. The summed E-state index contributed by atoms with van der Waals surface area (Å²) in [5, 5.41) is 12.8. The van der Waals surface area contributed by atoms with E-state index >= 15 is 0 Å². The Balaban J connectivity index is 1.99. The van der Waals surface area contributed by atoms with E-state index in [1.807, 2.05) is 39.0 Å². The fourth-order valence-corrected chi connectivity index (χ4v) is 3.01. The van der Waals surface area contributed by atoms with Crippen LogP contribution in [-0.4, -0.2) is 46.9 Å². The first-order valence-corrected chi connectivity index (χ1v) is 8.27. The average Bonchev–Trinajstić information content (AvgIpc) is 2.46. The van der Waals surface area contributed by atoms with Crippen molar-refractivity contribution in [2.75, 3.05) is 13.2 Å². The lowest BCUT2D eigenvalue weighted by Gasteiger charge is -2.40. The van der Waals surface area contributed by atoms with Gasteiger partial charge in [-0.25, -0.2) is 4.79 Å². The predicted molar refractivity (Wildman–Crippen MR) is 90.1 cm³/mol. The number of likely N-dealkylation sites (tertiary alicyclic amines) is 1. The molecule has 5 nitrogen and oxygen atoms in total. The van der Waals surface area contributed by atoms with Gasteiger partial charge >= 0.3 is 6.09 Å². The van der Waals surface area contributed by atoms with Gasteiger partial charge in [0, 0.05) is 12.6 Å². The van der Waals surface area contributed by atoms with Crippen LogP contribution in [0, 0.1) is 0 Å². The maximum Gasteiger partial charge on any atom is 0.407 e. The summed E-state index contributed by atoms with van der Waals surface area (Å²) in [7, 11) is 0. The predicted octanol–water partition coefficient (Wildman–Crippen LogP) is 2.54. The van der Waals surface area contributed by atoms with Gasteiger partial charge in [0.25, 0.3) is 0 Å². The first-order valence-electron chi connectivity index (χ1n) is 8.27. The summed E-state index contributed by atoms with van der Waals surface area (Å²) in [6, 6.07) is 10.0. The average molecular weight is 320 g/mol. The molecule has 0 spiro atoms. The molecule has 0 aliphatic carbocycles. The number of nitrogens with zero attached hydrogens (tertiary/aromatic N) is 1. The van der Waals surface area contributed by atoms with Crippen molar-refractivity contribution in [2.45, 2.75) is 57.8 Å². The molecule has 1 fully saturated rings. The van der Waals surface area contributed by atoms with Gasteiger partial charge in [-0.05, 0) is 45.7 Å². The highest BCUT2D eigenvalue weighted by Gasteiger charge is 2.32. The number of carbonyl (C=O) groups excluding carboxylic acids is 1. The Morgan fingerprint density at radius 2 is 2.04 bits per heavy atom. The van der Waals surface area contributed by atoms with Crippen molar-refractivity contribution in [3.63, 3.8) is 0 Å². The number of benzene rings is 1. The topological polar surface area (TPSA) is 61.8 Å². The second-order valence-electron chi connectivity index (χ2n) is 7.10. The minimum absolute atomic E-state index is 0.0211. The molecule has 2 unspecified atom stereocenters. The van der Waals surface area contributed by atoms with Crippen LogP contribution in [0.3, 0.4) is 0 Å². The maximum absolute atomic E-state index is 12.0.